The molecule has 1 atom stereocenters. The molecule has 36 heavy (non-hydrogen) atoms. The van der Waals surface area contributed by atoms with Crippen molar-refractivity contribution in [3.63, 3.8) is 0 Å². The number of aryl methyl sites for hydroxylation is 1. The fourth-order valence-electron chi connectivity index (χ4n) is 3.14. The third-order valence-corrected chi connectivity index (χ3v) is 5.23. The van der Waals surface area contributed by atoms with E-state index in [2.05, 4.69) is 37.0 Å². The van der Waals surface area contributed by atoms with Crippen LogP contribution in [-0.4, -0.2) is 63.4 Å². The Kier molecular flexibility index (Phi) is 10.00. The molecule has 1 aliphatic heterocycles. The van der Waals surface area contributed by atoms with Crippen LogP contribution in [0.1, 0.15) is 43.6 Å². The summed E-state index contributed by atoms with van der Waals surface area (Å²) < 4.78 is 44.5. The van der Waals surface area contributed by atoms with Gasteiger partial charge in [-0.05, 0) is 35.0 Å². The molecule has 1 aromatic carbocycles. The van der Waals surface area contributed by atoms with Gasteiger partial charge in [0.2, 0.25) is 0 Å². The van der Waals surface area contributed by atoms with Crippen molar-refractivity contribution >= 4 is 17.6 Å². The van der Waals surface area contributed by atoms with Gasteiger partial charge in [0.15, 0.2) is 23.0 Å². The van der Waals surface area contributed by atoms with Crippen LogP contribution in [0.3, 0.4) is 0 Å². The average molecular weight is 532 g/mol. The number of halogens is 4. The number of tetrazole rings is 1. The molecule has 1 unspecified atom stereocenters. The number of hydrogen-bond acceptors (Lipinski definition) is 9. The molecule has 0 saturated carbocycles. The van der Waals surface area contributed by atoms with Crippen molar-refractivity contribution in [1.29, 1.82) is 0 Å². The van der Waals surface area contributed by atoms with E-state index in [0.717, 1.165) is 18.4 Å². The van der Waals surface area contributed by atoms with E-state index in [1.807, 2.05) is 19.1 Å². The summed E-state index contributed by atoms with van der Waals surface area (Å²) in [6, 6.07) is 3.41. The second-order valence-electron chi connectivity index (χ2n) is 7.45. The Bertz CT molecular complexity index is 1110. The highest BCUT2D eigenvalue weighted by Crippen LogP contribution is 2.39. The molecule has 0 aliphatic carbocycles. The maximum Gasteiger partial charge on any atom is 0.490 e. The molecule has 1 aromatic heterocycles. The minimum absolute atomic E-state index is 0.305. The van der Waals surface area contributed by atoms with Gasteiger partial charge in [0.1, 0.15) is 0 Å². The van der Waals surface area contributed by atoms with Crippen LogP contribution in [-0.2, 0) is 11.8 Å². The van der Waals surface area contributed by atoms with Gasteiger partial charge in [-0.3, -0.25) is 0 Å². The number of ether oxygens (including phenoxy) is 2. The van der Waals surface area contributed by atoms with Crippen LogP contribution in [0.15, 0.2) is 22.4 Å². The number of nitrogens with zero attached hydrogens (tertiary/aromatic N) is 6. The van der Waals surface area contributed by atoms with Crippen LogP contribution in [0.4, 0.5) is 13.2 Å². The number of terminal acetylenes is 1. The summed E-state index contributed by atoms with van der Waals surface area (Å²) in [4.78, 5) is 8.90. The van der Waals surface area contributed by atoms with Crippen molar-refractivity contribution in [3.05, 3.63) is 28.5 Å². The zero-order valence-electron chi connectivity index (χ0n) is 19.7. The summed E-state index contributed by atoms with van der Waals surface area (Å²) in [7, 11) is 3.35. The third-order valence-electron chi connectivity index (χ3n) is 4.95. The zero-order valence-corrected chi connectivity index (χ0v) is 20.5. The highest BCUT2D eigenvalue weighted by atomic mass is 35.5. The number of carbonyl (C=O) groups is 1. The van der Waals surface area contributed by atoms with E-state index in [-0.39, 0.29) is 11.7 Å². The smallest absolute Gasteiger partial charge is 0.490 e. The zero-order chi connectivity index (χ0) is 26.9. The number of aromatic nitrogens is 4. The third kappa shape index (κ3) is 7.79. The molecule has 0 amide bonds. The van der Waals surface area contributed by atoms with Crippen LogP contribution < -0.4 is 14.8 Å². The Morgan fingerprint density at radius 1 is 1.36 bits per heavy atom. The van der Waals surface area contributed by atoms with E-state index in [1.54, 1.807) is 18.8 Å². The maximum absolute atomic E-state index is 10.6. The monoisotopic (exact) mass is 531 g/mol. The Hall–Kier alpha value is -3.44. The normalized spacial score (nSPS) is 14.3. The van der Waals surface area contributed by atoms with Crippen LogP contribution in [0.5, 0.6) is 11.5 Å². The quantitative estimate of drug-likeness (QED) is 0.420. The highest BCUT2D eigenvalue weighted by Gasteiger charge is 2.39. The standard InChI is InChI=1S/C19H24ClN7O2.C2HF3O2/c1-5-7-8-19(23-24-19)9-10-21-16(18-22-25-26-27(18)3)13-11-14(20)17(28-4)15(12-13)29-6-2;3-2(4,5)1(6)7/h1,11-12,16,21H,6-10H2,2-4H3;(H,6,7). The lowest BCUT2D eigenvalue weighted by molar-refractivity contribution is -0.192. The molecule has 2 heterocycles. The van der Waals surface area contributed by atoms with Crippen molar-refractivity contribution in [2.45, 2.75) is 44.1 Å². The Balaban J connectivity index is 0.000000572. The first-order valence-corrected chi connectivity index (χ1v) is 11.0. The summed E-state index contributed by atoms with van der Waals surface area (Å²) in [6.07, 6.45) is 2.42. The van der Waals surface area contributed by atoms with Crippen LogP contribution in [0.25, 0.3) is 0 Å². The van der Waals surface area contributed by atoms with E-state index in [0.29, 0.717) is 41.9 Å². The number of alkyl halides is 3. The Morgan fingerprint density at radius 2 is 2.03 bits per heavy atom. The lowest BCUT2D eigenvalue weighted by atomic mass is 10.0. The second-order valence-corrected chi connectivity index (χ2v) is 7.86. The molecule has 2 aromatic rings. The van der Waals surface area contributed by atoms with Crippen molar-refractivity contribution in [1.82, 2.24) is 25.5 Å². The van der Waals surface area contributed by atoms with E-state index in [1.165, 1.54) is 0 Å². The number of aliphatic carboxylic acids is 1. The van der Waals surface area contributed by atoms with Crippen molar-refractivity contribution in [2.24, 2.45) is 17.3 Å². The van der Waals surface area contributed by atoms with E-state index >= 15 is 0 Å². The van der Waals surface area contributed by atoms with Gasteiger partial charge in [0.25, 0.3) is 0 Å². The summed E-state index contributed by atoms with van der Waals surface area (Å²) in [5.74, 6) is 1.60. The average Bonchev–Trinajstić information content (AvgIpc) is 3.46. The minimum atomic E-state index is -5.08. The molecule has 1 aliphatic rings. The van der Waals surface area contributed by atoms with Crippen molar-refractivity contribution in [3.8, 4) is 23.8 Å². The number of benzene rings is 1. The molecule has 15 heteroatoms. The molecular formula is C21H25ClF3N7O4. The molecule has 0 radical (unpaired) electrons. The van der Waals surface area contributed by atoms with E-state index in [4.69, 9.17) is 37.4 Å². The summed E-state index contributed by atoms with van der Waals surface area (Å²) in [6.45, 7) is 3.03. The first-order valence-electron chi connectivity index (χ1n) is 10.6. The second kappa shape index (κ2) is 12.5. The lowest BCUT2D eigenvalue weighted by Gasteiger charge is -2.21. The topological polar surface area (TPSA) is 136 Å². The maximum atomic E-state index is 10.6. The van der Waals surface area contributed by atoms with Crippen LogP contribution in [0, 0.1) is 12.3 Å². The fraction of sp³-hybridized carbons (Fsp3) is 0.524. The SMILES string of the molecule is C#CCCC1(CCNC(c2cc(Cl)c(OC)c(OCC)c2)c2nnnn2C)N=N1.O=C(O)C(F)(F)F. The molecule has 2 N–H and O–H groups in total. The number of carboxylic acids is 1. The summed E-state index contributed by atoms with van der Waals surface area (Å²) in [5.41, 5.74) is 0.496. The van der Waals surface area contributed by atoms with Crippen LogP contribution in [0.2, 0.25) is 5.02 Å². The molecule has 0 saturated heterocycles. The highest BCUT2D eigenvalue weighted by molar-refractivity contribution is 6.32. The van der Waals surface area contributed by atoms with Gasteiger partial charge in [0, 0.05) is 32.9 Å². The van der Waals surface area contributed by atoms with Gasteiger partial charge in [-0.2, -0.15) is 23.4 Å². The predicted molar refractivity (Wildman–Crippen MR) is 122 cm³/mol. The molecule has 196 valence electrons. The lowest BCUT2D eigenvalue weighted by Crippen LogP contribution is -2.29. The Labute approximate surface area is 210 Å². The largest absolute Gasteiger partial charge is 0.491 e. The van der Waals surface area contributed by atoms with Gasteiger partial charge in [-0.25, -0.2) is 9.48 Å². The Morgan fingerprint density at radius 3 is 2.50 bits per heavy atom. The van der Waals surface area contributed by atoms with Crippen LogP contribution >= 0.6 is 11.6 Å². The molecule has 0 bridgehead atoms. The summed E-state index contributed by atoms with van der Waals surface area (Å²) in [5, 5.41) is 31.3. The van der Waals surface area contributed by atoms with Crippen molar-refractivity contribution < 1.29 is 32.5 Å². The fourth-order valence-corrected chi connectivity index (χ4v) is 3.44. The van der Waals surface area contributed by atoms with Gasteiger partial charge >= 0.3 is 12.1 Å². The molecular weight excluding hydrogens is 507 g/mol. The van der Waals surface area contributed by atoms with Gasteiger partial charge in [-0.15, -0.1) is 17.4 Å². The first kappa shape index (κ1) is 28.8. The van der Waals surface area contributed by atoms with Crippen molar-refractivity contribution in [2.75, 3.05) is 20.3 Å². The number of hydrogen-bond donors (Lipinski definition) is 2. The predicted octanol–water partition coefficient (Wildman–Crippen LogP) is 3.55. The van der Waals surface area contributed by atoms with Gasteiger partial charge in [-0.1, -0.05) is 11.6 Å². The molecule has 0 fully saturated rings. The first-order chi connectivity index (χ1) is 17.0. The molecule has 11 nitrogen and oxygen atoms in total. The van der Waals surface area contributed by atoms with E-state index in [9.17, 15) is 13.2 Å². The molecule has 3 rings (SSSR count). The summed E-state index contributed by atoms with van der Waals surface area (Å²) >= 11 is 6.45. The van der Waals surface area contributed by atoms with Gasteiger partial charge in [0.05, 0.1) is 24.8 Å². The minimum Gasteiger partial charge on any atom is -0.491 e. The number of methoxy groups -OCH3 is 1. The van der Waals surface area contributed by atoms with Gasteiger partial charge < -0.3 is 19.9 Å². The number of nitrogens with one attached hydrogen (secondary N) is 1. The number of rotatable bonds is 11. The number of carboxylic acid groups (broad SMARTS) is 1. The van der Waals surface area contributed by atoms with E-state index < -0.39 is 12.1 Å². The molecule has 0 spiro atoms.